The number of hydrogen-bond donors (Lipinski definition) is 0. The fourth-order valence-electron chi connectivity index (χ4n) is 3.81. The normalized spacial score (nSPS) is 21.1. The Labute approximate surface area is 203 Å². The largest absolute Gasteiger partial charge is 0.488 e. The Balaban J connectivity index is 1.75. The number of fused-ring (bicyclic) bond motifs is 2. The Morgan fingerprint density at radius 1 is 0.559 bits per heavy atom. The van der Waals surface area contributed by atoms with Crippen LogP contribution < -0.4 is 25.4 Å². The SMILES string of the molecule is C[C@@H]1COCCOCCOC[C@@H](C)Oc2ccccc2P(c2ccccc2)c2ccccc2O1. The van der Waals surface area contributed by atoms with Gasteiger partial charge in [0.15, 0.2) is 0 Å². The van der Waals surface area contributed by atoms with Gasteiger partial charge >= 0.3 is 0 Å². The first-order valence-electron chi connectivity index (χ1n) is 11.8. The van der Waals surface area contributed by atoms with Crippen LogP contribution in [0.1, 0.15) is 13.8 Å². The van der Waals surface area contributed by atoms with Crippen LogP contribution in [0.2, 0.25) is 0 Å². The molecule has 0 N–H and O–H groups in total. The quantitative estimate of drug-likeness (QED) is 0.492. The number of ether oxygens (including phenoxy) is 5. The van der Waals surface area contributed by atoms with Crippen molar-refractivity contribution in [2.24, 2.45) is 0 Å². The van der Waals surface area contributed by atoms with Crippen LogP contribution in [0.15, 0.2) is 78.9 Å². The summed E-state index contributed by atoms with van der Waals surface area (Å²) in [7, 11) is -0.918. The van der Waals surface area contributed by atoms with Gasteiger partial charge in [-0.3, -0.25) is 0 Å². The Morgan fingerprint density at radius 2 is 1.00 bits per heavy atom. The summed E-state index contributed by atoms with van der Waals surface area (Å²) in [5, 5.41) is 3.55. The predicted molar refractivity (Wildman–Crippen MR) is 138 cm³/mol. The third kappa shape index (κ3) is 6.80. The van der Waals surface area contributed by atoms with Crippen molar-refractivity contribution in [1.82, 2.24) is 0 Å². The standard InChI is InChI=1S/C28H33O5P/c1-22-20-30-18-16-29-17-19-31-21-23(2)33-26-13-7-9-15-28(26)34(24-10-4-3-5-11-24)27-14-8-6-12-25(27)32-22/h3-15,22-23H,16-21H2,1-2H3/t22-,23-/m1/s1. The van der Waals surface area contributed by atoms with Crippen molar-refractivity contribution >= 4 is 23.8 Å². The van der Waals surface area contributed by atoms with E-state index in [9.17, 15) is 0 Å². The summed E-state index contributed by atoms with van der Waals surface area (Å²) in [6.07, 6.45) is -0.190. The molecule has 0 spiro atoms. The molecule has 2 atom stereocenters. The summed E-state index contributed by atoms with van der Waals surface area (Å²) in [4.78, 5) is 0. The van der Waals surface area contributed by atoms with Crippen LogP contribution in [0.25, 0.3) is 0 Å². The lowest BCUT2D eigenvalue weighted by Crippen LogP contribution is -2.29. The molecule has 34 heavy (non-hydrogen) atoms. The van der Waals surface area contributed by atoms with Crippen LogP contribution in [-0.2, 0) is 14.2 Å². The van der Waals surface area contributed by atoms with Crippen LogP contribution in [0.3, 0.4) is 0 Å². The highest BCUT2D eigenvalue weighted by Gasteiger charge is 2.25. The highest BCUT2D eigenvalue weighted by Crippen LogP contribution is 2.39. The summed E-state index contributed by atoms with van der Waals surface area (Å²) < 4.78 is 30.0. The minimum atomic E-state index is -0.918. The number of hydrogen-bond acceptors (Lipinski definition) is 5. The third-order valence-corrected chi connectivity index (χ3v) is 7.85. The van der Waals surface area contributed by atoms with Gasteiger partial charge in [-0.2, -0.15) is 0 Å². The topological polar surface area (TPSA) is 46.2 Å². The second-order valence-electron chi connectivity index (χ2n) is 8.23. The van der Waals surface area contributed by atoms with Crippen molar-refractivity contribution in [2.45, 2.75) is 26.1 Å². The van der Waals surface area contributed by atoms with E-state index >= 15 is 0 Å². The lowest BCUT2D eigenvalue weighted by Gasteiger charge is -2.26. The zero-order chi connectivity index (χ0) is 23.6. The van der Waals surface area contributed by atoms with E-state index in [-0.39, 0.29) is 12.2 Å². The maximum atomic E-state index is 6.42. The molecule has 0 aliphatic carbocycles. The Kier molecular flexibility index (Phi) is 9.35. The van der Waals surface area contributed by atoms with E-state index in [0.29, 0.717) is 39.6 Å². The van der Waals surface area contributed by atoms with E-state index in [1.807, 2.05) is 44.2 Å². The molecule has 3 aromatic carbocycles. The van der Waals surface area contributed by atoms with E-state index in [1.165, 1.54) is 5.30 Å². The lowest BCUT2D eigenvalue weighted by molar-refractivity contribution is -0.0114. The number of benzene rings is 3. The monoisotopic (exact) mass is 480 g/mol. The van der Waals surface area contributed by atoms with E-state index in [2.05, 4.69) is 48.5 Å². The summed E-state index contributed by atoms with van der Waals surface area (Å²) in [5.41, 5.74) is 0. The zero-order valence-corrected chi connectivity index (χ0v) is 20.8. The molecule has 0 fully saturated rings. The second-order valence-corrected chi connectivity index (χ2v) is 10.4. The second kappa shape index (κ2) is 12.9. The highest BCUT2D eigenvalue weighted by molar-refractivity contribution is 7.80. The smallest absolute Gasteiger partial charge is 0.128 e. The molecule has 1 aliphatic heterocycles. The molecule has 0 saturated carbocycles. The van der Waals surface area contributed by atoms with Gasteiger partial charge < -0.3 is 23.7 Å². The van der Waals surface area contributed by atoms with E-state index in [0.717, 1.165) is 22.1 Å². The lowest BCUT2D eigenvalue weighted by atomic mass is 10.3. The first kappa shape index (κ1) is 24.7. The summed E-state index contributed by atoms with van der Waals surface area (Å²) >= 11 is 0. The number of rotatable bonds is 1. The van der Waals surface area contributed by atoms with Crippen molar-refractivity contribution < 1.29 is 23.7 Å². The molecule has 6 heteroatoms. The van der Waals surface area contributed by atoms with Gasteiger partial charge in [0.05, 0.1) is 39.6 Å². The molecular formula is C28H33O5P. The Morgan fingerprint density at radius 3 is 1.53 bits per heavy atom. The Bertz CT molecular complexity index is 951. The van der Waals surface area contributed by atoms with Gasteiger partial charge in [-0.25, -0.2) is 0 Å². The van der Waals surface area contributed by atoms with Crippen LogP contribution >= 0.6 is 7.92 Å². The molecule has 1 aliphatic rings. The van der Waals surface area contributed by atoms with Gasteiger partial charge in [0.25, 0.3) is 0 Å². The zero-order valence-electron chi connectivity index (χ0n) is 19.9. The molecule has 5 nitrogen and oxygen atoms in total. The minimum Gasteiger partial charge on any atom is -0.488 e. The van der Waals surface area contributed by atoms with Crippen LogP contribution in [0, 0.1) is 0 Å². The van der Waals surface area contributed by atoms with E-state index in [1.54, 1.807) is 0 Å². The van der Waals surface area contributed by atoms with Gasteiger partial charge in [-0.1, -0.05) is 66.7 Å². The van der Waals surface area contributed by atoms with Gasteiger partial charge in [-0.15, -0.1) is 0 Å². The van der Waals surface area contributed by atoms with Crippen molar-refractivity contribution in [3.05, 3.63) is 78.9 Å². The van der Waals surface area contributed by atoms with Crippen molar-refractivity contribution in [1.29, 1.82) is 0 Å². The molecule has 4 rings (SSSR count). The number of para-hydroxylation sites is 2. The Hall–Kier alpha value is -2.43. The van der Waals surface area contributed by atoms with Gasteiger partial charge in [0, 0.05) is 10.6 Å². The molecule has 1 heterocycles. The first-order valence-corrected chi connectivity index (χ1v) is 13.2. The summed E-state index contributed by atoms with van der Waals surface area (Å²) in [6, 6.07) is 27.2. The van der Waals surface area contributed by atoms with Gasteiger partial charge in [0.1, 0.15) is 23.7 Å². The predicted octanol–water partition coefficient (Wildman–Crippen LogP) is 4.04. The fourth-order valence-corrected chi connectivity index (χ4v) is 6.26. The van der Waals surface area contributed by atoms with E-state index < -0.39 is 7.92 Å². The molecule has 0 radical (unpaired) electrons. The van der Waals surface area contributed by atoms with Crippen LogP contribution in [-0.4, -0.2) is 51.8 Å². The highest BCUT2D eigenvalue weighted by atomic mass is 31.1. The molecular weight excluding hydrogens is 447 g/mol. The first-order chi connectivity index (χ1) is 16.7. The molecule has 0 unspecified atom stereocenters. The summed E-state index contributed by atoms with van der Waals surface area (Å²) in [5.74, 6) is 1.74. The molecule has 180 valence electrons. The maximum Gasteiger partial charge on any atom is 0.128 e. The molecule has 0 saturated heterocycles. The van der Waals surface area contributed by atoms with Crippen molar-refractivity contribution in [2.75, 3.05) is 39.6 Å². The molecule has 0 bridgehead atoms. The molecule has 3 aromatic rings. The summed E-state index contributed by atoms with van der Waals surface area (Å²) in [6.45, 7) is 7.18. The fraction of sp³-hybridized carbons (Fsp3) is 0.357. The van der Waals surface area contributed by atoms with Crippen LogP contribution in [0.4, 0.5) is 0 Å². The average molecular weight is 481 g/mol. The van der Waals surface area contributed by atoms with Gasteiger partial charge in [0.2, 0.25) is 0 Å². The van der Waals surface area contributed by atoms with Gasteiger partial charge in [-0.05, 0) is 39.2 Å². The van der Waals surface area contributed by atoms with E-state index in [4.69, 9.17) is 23.7 Å². The minimum absolute atomic E-state index is 0.0949. The average Bonchev–Trinajstić information content (AvgIpc) is 2.85. The maximum absolute atomic E-state index is 6.42. The van der Waals surface area contributed by atoms with Crippen molar-refractivity contribution in [3.63, 3.8) is 0 Å². The van der Waals surface area contributed by atoms with Crippen LogP contribution in [0.5, 0.6) is 11.5 Å². The van der Waals surface area contributed by atoms with Crippen molar-refractivity contribution in [3.8, 4) is 11.5 Å². The third-order valence-electron chi connectivity index (χ3n) is 5.33. The molecule has 0 amide bonds. The molecule has 0 aromatic heterocycles.